The molecule has 0 bridgehead atoms. The zero-order valence-corrected chi connectivity index (χ0v) is 24.9. The Bertz CT molecular complexity index is 1350. The van der Waals surface area contributed by atoms with Gasteiger partial charge in [0.15, 0.2) is 0 Å². The Balaban J connectivity index is 1.47. The molecule has 10 heteroatoms. The van der Waals surface area contributed by atoms with E-state index in [0.717, 1.165) is 62.5 Å². The first-order valence-electron chi connectivity index (χ1n) is 14.0. The fraction of sp³-hybridized carbons (Fsp3) is 0.552. The molecular formula is C29H41N3O5S2. The monoisotopic (exact) mass is 575 g/mol. The Morgan fingerprint density at radius 2 is 1.44 bits per heavy atom. The van der Waals surface area contributed by atoms with E-state index in [1.807, 2.05) is 19.1 Å². The van der Waals surface area contributed by atoms with E-state index in [4.69, 9.17) is 0 Å². The van der Waals surface area contributed by atoms with E-state index in [1.165, 1.54) is 8.61 Å². The molecular weight excluding hydrogens is 534 g/mol. The number of piperidine rings is 1. The summed E-state index contributed by atoms with van der Waals surface area (Å²) in [7, 11) is -7.41. The molecule has 2 aromatic carbocycles. The largest absolute Gasteiger partial charge is 0.351 e. The minimum Gasteiger partial charge on any atom is -0.351 e. The molecule has 1 N–H and O–H groups in total. The van der Waals surface area contributed by atoms with Gasteiger partial charge in [-0.05, 0) is 75.3 Å². The van der Waals surface area contributed by atoms with Crippen molar-refractivity contribution < 1.29 is 21.6 Å². The molecule has 2 fully saturated rings. The summed E-state index contributed by atoms with van der Waals surface area (Å²) in [6, 6.07) is 10.1. The first-order chi connectivity index (χ1) is 18.5. The van der Waals surface area contributed by atoms with Gasteiger partial charge in [-0.3, -0.25) is 4.79 Å². The van der Waals surface area contributed by atoms with Crippen molar-refractivity contribution in [1.29, 1.82) is 0 Å². The first-order valence-corrected chi connectivity index (χ1v) is 16.8. The summed E-state index contributed by atoms with van der Waals surface area (Å²) < 4.78 is 56.6. The molecule has 2 aromatic rings. The Labute approximate surface area is 233 Å². The van der Waals surface area contributed by atoms with Crippen LogP contribution in [-0.2, 0) is 31.4 Å². The van der Waals surface area contributed by atoms with Gasteiger partial charge in [0.05, 0.1) is 16.3 Å². The number of sulfonamides is 2. The van der Waals surface area contributed by atoms with Gasteiger partial charge < -0.3 is 5.32 Å². The smallest absolute Gasteiger partial charge is 0.244 e. The topological polar surface area (TPSA) is 104 Å². The third-order valence-electron chi connectivity index (χ3n) is 7.82. The summed E-state index contributed by atoms with van der Waals surface area (Å²) in [5.74, 6) is -0.378. The molecule has 8 nitrogen and oxygen atoms in total. The summed E-state index contributed by atoms with van der Waals surface area (Å²) in [5.41, 5.74) is 3.13. The van der Waals surface area contributed by atoms with Crippen LogP contribution in [0.2, 0.25) is 0 Å². The molecule has 1 saturated carbocycles. The van der Waals surface area contributed by atoms with E-state index >= 15 is 0 Å². The molecule has 0 spiro atoms. The average Bonchev–Trinajstić information content (AvgIpc) is 2.91. The third-order valence-corrected chi connectivity index (χ3v) is 11.9. The second-order valence-electron chi connectivity index (χ2n) is 11.0. The van der Waals surface area contributed by atoms with Gasteiger partial charge in [-0.25, -0.2) is 16.8 Å². The van der Waals surface area contributed by atoms with Crippen LogP contribution in [-0.4, -0.2) is 57.0 Å². The third kappa shape index (κ3) is 6.90. The summed E-state index contributed by atoms with van der Waals surface area (Å²) in [5, 5.41) is 2.85. The predicted molar refractivity (Wildman–Crippen MR) is 152 cm³/mol. The lowest BCUT2D eigenvalue weighted by molar-refractivity contribution is -0.121. The number of rotatable bonds is 9. The van der Waals surface area contributed by atoms with E-state index in [1.54, 1.807) is 38.1 Å². The SMILES string of the molecule is Cc1cc(C)c(S(=O)(=O)N(CC(=O)NCc2ccc(S(=O)(=O)N3CCCCC3)cc2)C2CCCCC2)c(C)c1. The minimum absolute atomic E-state index is 0.185. The van der Waals surface area contributed by atoms with Gasteiger partial charge in [0, 0.05) is 25.7 Å². The normalized spacial score (nSPS) is 17.8. The standard InChI is InChI=1S/C29H41N3O5S2/c1-22-18-23(2)29(24(3)19-22)39(36,37)32(26-10-6-4-7-11-26)21-28(33)30-20-25-12-14-27(15-13-25)38(34,35)31-16-8-5-9-17-31/h12-15,18-19,26H,4-11,16-17,20-21H2,1-3H3,(H,30,33). The lowest BCUT2D eigenvalue weighted by Gasteiger charge is -2.33. The molecule has 0 atom stereocenters. The lowest BCUT2D eigenvalue weighted by atomic mass is 9.95. The minimum atomic E-state index is -3.89. The van der Waals surface area contributed by atoms with Crippen molar-refractivity contribution in [3.8, 4) is 0 Å². The Kier molecular flexibility index (Phi) is 9.52. The molecule has 1 aliphatic heterocycles. The maximum absolute atomic E-state index is 13.9. The molecule has 39 heavy (non-hydrogen) atoms. The van der Waals surface area contributed by atoms with Gasteiger partial charge in [-0.15, -0.1) is 0 Å². The molecule has 1 saturated heterocycles. The van der Waals surface area contributed by atoms with Crippen LogP contribution in [0.5, 0.6) is 0 Å². The van der Waals surface area contributed by atoms with Gasteiger partial charge in [0.25, 0.3) is 0 Å². The molecule has 214 valence electrons. The number of hydrogen-bond donors (Lipinski definition) is 1. The molecule has 1 heterocycles. The average molecular weight is 576 g/mol. The van der Waals surface area contributed by atoms with E-state index in [-0.39, 0.29) is 34.8 Å². The summed E-state index contributed by atoms with van der Waals surface area (Å²) in [6.07, 6.45) is 7.23. The fourth-order valence-corrected chi connectivity index (χ4v) is 9.48. The number of hydrogen-bond acceptors (Lipinski definition) is 5. The number of carbonyl (C=O) groups is 1. The van der Waals surface area contributed by atoms with Crippen LogP contribution < -0.4 is 5.32 Å². The molecule has 1 aliphatic carbocycles. The maximum Gasteiger partial charge on any atom is 0.244 e. The summed E-state index contributed by atoms with van der Waals surface area (Å²) in [6.45, 7) is 6.58. The van der Waals surface area contributed by atoms with Crippen LogP contribution in [0.4, 0.5) is 0 Å². The predicted octanol–water partition coefficient (Wildman–Crippen LogP) is 4.43. The van der Waals surface area contributed by atoms with Gasteiger partial charge in [-0.1, -0.05) is 55.5 Å². The molecule has 1 amide bonds. The van der Waals surface area contributed by atoms with Gasteiger partial charge >= 0.3 is 0 Å². The number of carbonyl (C=O) groups excluding carboxylic acids is 1. The first kappa shape index (κ1) is 29.7. The molecule has 2 aliphatic rings. The highest BCUT2D eigenvalue weighted by Gasteiger charge is 2.35. The van der Waals surface area contributed by atoms with Gasteiger partial charge in [0.2, 0.25) is 26.0 Å². The van der Waals surface area contributed by atoms with Gasteiger partial charge in [-0.2, -0.15) is 8.61 Å². The number of aryl methyl sites for hydroxylation is 3. The van der Waals surface area contributed by atoms with Crippen LogP contribution in [0.3, 0.4) is 0 Å². The van der Waals surface area contributed by atoms with Crippen molar-refractivity contribution in [2.24, 2.45) is 0 Å². The Morgan fingerprint density at radius 3 is 2.03 bits per heavy atom. The number of amides is 1. The van der Waals surface area contributed by atoms with E-state index < -0.39 is 20.0 Å². The van der Waals surface area contributed by atoms with E-state index in [2.05, 4.69) is 5.32 Å². The fourth-order valence-electron chi connectivity index (χ4n) is 5.90. The van der Waals surface area contributed by atoms with Crippen molar-refractivity contribution in [1.82, 2.24) is 13.9 Å². The van der Waals surface area contributed by atoms with E-state index in [9.17, 15) is 21.6 Å². The van der Waals surface area contributed by atoms with Crippen molar-refractivity contribution >= 4 is 26.0 Å². The van der Waals surface area contributed by atoms with Crippen LogP contribution in [0.15, 0.2) is 46.2 Å². The highest BCUT2D eigenvalue weighted by atomic mass is 32.2. The number of nitrogens with zero attached hydrogens (tertiary/aromatic N) is 2. The zero-order valence-electron chi connectivity index (χ0n) is 23.3. The highest BCUT2D eigenvalue weighted by molar-refractivity contribution is 7.89. The van der Waals surface area contributed by atoms with Crippen LogP contribution in [0.25, 0.3) is 0 Å². The number of benzene rings is 2. The molecule has 0 radical (unpaired) electrons. The van der Waals surface area contributed by atoms with Crippen molar-refractivity contribution in [3.05, 3.63) is 58.7 Å². The second-order valence-corrected chi connectivity index (χ2v) is 14.7. The highest BCUT2D eigenvalue weighted by Crippen LogP contribution is 2.31. The zero-order chi connectivity index (χ0) is 28.2. The van der Waals surface area contributed by atoms with E-state index in [0.29, 0.717) is 24.2 Å². The molecule has 0 aromatic heterocycles. The summed E-state index contributed by atoms with van der Waals surface area (Å²) in [4.78, 5) is 13.6. The van der Waals surface area contributed by atoms with Crippen molar-refractivity contribution in [2.75, 3.05) is 19.6 Å². The second kappa shape index (κ2) is 12.5. The number of nitrogens with one attached hydrogen (secondary N) is 1. The van der Waals surface area contributed by atoms with Crippen LogP contribution in [0.1, 0.15) is 73.6 Å². The van der Waals surface area contributed by atoms with Crippen LogP contribution >= 0.6 is 0 Å². The Morgan fingerprint density at radius 1 is 0.872 bits per heavy atom. The molecule has 4 rings (SSSR count). The van der Waals surface area contributed by atoms with Crippen molar-refractivity contribution in [2.45, 2.75) is 94.5 Å². The molecule has 0 unspecified atom stereocenters. The lowest BCUT2D eigenvalue weighted by Crippen LogP contribution is -2.47. The summed E-state index contributed by atoms with van der Waals surface area (Å²) >= 11 is 0. The Hall–Kier alpha value is -2.27. The maximum atomic E-state index is 13.9. The van der Waals surface area contributed by atoms with Crippen molar-refractivity contribution in [3.63, 3.8) is 0 Å². The quantitative estimate of drug-likeness (QED) is 0.477. The van der Waals surface area contributed by atoms with Crippen LogP contribution in [0, 0.1) is 20.8 Å². The van der Waals surface area contributed by atoms with Gasteiger partial charge in [0.1, 0.15) is 0 Å².